The second-order valence-corrected chi connectivity index (χ2v) is 5.79. The Morgan fingerprint density at radius 1 is 1.00 bits per heavy atom. The van der Waals surface area contributed by atoms with Crippen molar-refractivity contribution in [1.29, 1.82) is 0 Å². The Kier molecular flexibility index (Phi) is 5.04. The fourth-order valence-electron chi connectivity index (χ4n) is 2.63. The molecule has 25 heavy (non-hydrogen) atoms. The molecule has 5 nitrogen and oxygen atoms in total. The smallest absolute Gasteiger partial charge is 0.251 e. The van der Waals surface area contributed by atoms with Gasteiger partial charge in [0, 0.05) is 30.7 Å². The molecule has 0 atom stereocenters. The number of amides is 2. The molecule has 1 heterocycles. The second kappa shape index (κ2) is 7.57. The zero-order chi connectivity index (χ0) is 17.6. The van der Waals surface area contributed by atoms with E-state index in [1.807, 2.05) is 36.4 Å². The molecule has 0 aliphatic heterocycles. The Labute approximate surface area is 146 Å². The predicted molar refractivity (Wildman–Crippen MR) is 97.0 cm³/mol. The summed E-state index contributed by atoms with van der Waals surface area (Å²) in [6.07, 6.45) is 1.75. The molecule has 0 radical (unpaired) electrons. The SMILES string of the molecule is CN(Cc1cccc2ncccc12)C(=O)CNC(=O)c1ccccc1. The molecule has 0 unspecified atom stereocenters. The van der Waals surface area contributed by atoms with Crippen molar-refractivity contribution in [2.24, 2.45) is 0 Å². The van der Waals surface area contributed by atoms with Crippen LogP contribution in [0, 0.1) is 0 Å². The molecular formula is C20H19N3O2. The van der Waals surface area contributed by atoms with E-state index >= 15 is 0 Å². The third-order valence-corrected chi connectivity index (χ3v) is 4.01. The van der Waals surface area contributed by atoms with Crippen LogP contribution in [0.3, 0.4) is 0 Å². The van der Waals surface area contributed by atoms with E-state index in [0.717, 1.165) is 16.5 Å². The van der Waals surface area contributed by atoms with Crippen molar-refractivity contribution in [1.82, 2.24) is 15.2 Å². The van der Waals surface area contributed by atoms with E-state index < -0.39 is 0 Å². The Morgan fingerprint density at radius 2 is 1.80 bits per heavy atom. The lowest BCUT2D eigenvalue weighted by atomic mass is 10.1. The number of carbonyl (C=O) groups excluding carboxylic acids is 2. The highest BCUT2D eigenvalue weighted by Gasteiger charge is 2.13. The number of hydrogen-bond acceptors (Lipinski definition) is 3. The minimum Gasteiger partial charge on any atom is -0.343 e. The van der Waals surface area contributed by atoms with E-state index in [1.165, 1.54) is 0 Å². The Hall–Kier alpha value is -3.21. The van der Waals surface area contributed by atoms with Crippen LogP contribution in [0.4, 0.5) is 0 Å². The highest BCUT2D eigenvalue weighted by Crippen LogP contribution is 2.17. The minimum absolute atomic E-state index is 0.0345. The van der Waals surface area contributed by atoms with Gasteiger partial charge in [-0.15, -0.1) is 0 Å². The van der Waals surface area contributed by atoms with Crippen molar-refractivity contribution in [3.05, 3.63) is 78.0 Å². The largest absolute Gasteiger partial charge is 0.343 e. The number of nitrogens with one attached hydrogen (secondary N) is 1. The van der Waals surface area contributed by atoms with Crippen LogP contribution in [0.1, 0.15) is 15.9 Å². The van der Waals surface area contributed by atoms with E-state index in [0.29, 0.717) is 12.1 Å². The predicted octanol–water partition coefficient (Wildman–Crippen LogP) is 2.62. The molecule has 5 heteroatoms. The summed E-state index contributed by atoms with van der Waals surface area (Å²) in [5.41, 5.74) is 2.46. The molecule has 1 N–H and O–H groups in total. The van der Waals surface area contributed by atoms with Crippen LogP contribution < -0.4 is 5.32 Å². The van der Waals surface area contributed by atoms with Gasteiger partial charge >= 0.3 is 0 Å². The Morgan fingerprint density at radius 3 is 2.60 bits per heavy atom. The quantitative estimate of drug-likeness (QED) is 0.781. The number of rotatable bonds is 5. The fraction of sp³-hybridized carbons (Fsp3) is 0.150. The maximum atomic E-state index is 12.3. The van der Waals surface area contributed by atoms with Crippen molar-refractivity contribution in [3.63, 3.8) is 0 Å². The van der Waals surface area contributed by atoms with Crippen LogP contribution >= 0.6 is 0 Å². The highest BCUT2D eigenvalue weighted by molar-refractivity contribution is 5.96. The summed E-state index contributed by atoms with van der Waals surface area (Å²) in [6.45, 7) is 0.427. The zero-order valence-electron chi connectivity index (χ0n) is 14.0. The van der Waals surface area contributed by atoms with Crippen LogP contribution in [-0.4, -0.2) is 35.3 Å². The number of nitrogens with zero attached hydrogens (tertiary/aromatic N) is 2. The molecule has 0 aliphatic carbocycles. The summed E-state index contributed by atoms with van der Waals surface area (Å²) in [5, 5.41) is 3.69. The molecule has 126 valence electrons. The van der Waals surface area contributed by atoms with Crippen LogP contribution in [0.25, 0.3) is 10.9 Å². The zero-order valence-corrected chi connectivity index (χ0v) is 14.0. The maximum absolute atomic E-state index is 12.3. The average molecular weight is 333 g/mol. The second-order valence-electron chi connectivity index (χ2n) is 5.79. The lowest BCUT2D eigenvalue weighted by Gasteiger charge is -2.18. The lowest BCUT2D eigenvalue weighted by molar-refractivity contribution is -0.129. The van der Waals surface area contributed by atoms with Crippen LogP contribution in [0.5, 0.6) is 0 Å². The van der Waals surface area contributed by atoms with Gasteiger partial charge in [0.1, 0.15) is 0 Å². The first-order chi connectivity index (χ1) is 12.1. The molecule has 0 fully saturated rings. The Bertz CT molecular complexity index is 888. The molecule has 3 aromatic rings. The summed E-state index contributed by atoms with van der Waals surface area (Å²) in [5.74, 6) is -0.401. The topological polar surface area (TPSA) is 62.3 Å². The Balaban J connectivity index is 1.62. The average Bonchev–Trinajstić information content (AvgIpc) is 2.66. The molecule has 0 spiro atoms. The monoisotopic (exact) mass is 333 g/mol. The summed E-state index contributed by atoms with van der Waals surface area (Å²) in [6, 6.07) is 18.6. The van der Waals surface area contributed by atoms with Gasteiger partial charge in [-0.05, 0) is 29.8 Å². The third kappa shape index (κ3) is 4.01. The van der Waals surface area contributed by atoms with Gasteiger partial charge in [-0.3, -0.25) is 14.6 Å². The maximum Gasteiger partial charge on any atom is 0.251 e. The van der Waals surface area contributed by atoms with Gasteiger partial charge in [-0.2, -0.15) is 0 Å². The third-order valence-electron chi connectivity index (χ3n) is 4.01. The first-order valence-electron chi connectivity index (χ1n) is 8.05. The minimum atomic E-state index is -0.253. The van der Waals surface area contributed by atoms with Gasteiger partial charge in [-0.1, -0.05) is 36.4 Å². The first-order valence-corrected chi connectivity index (χ1v) is 8.05. The van der Waals surface area contributed by atoms with E-state index in [4.69, 9.17) is 0 Å². The van der Waals surface area contributed by atoms with Crippen molar-refractivity contribution in [2.75, 3.05) is 13.6 Å². The molecule has 2 amide bonds. The van der Waals surface area contributed by atoms with Gasteiger partial charge in [0.25, 0.3) is 5.91 Å². The number of aromatic nitrogens is 1. The summed E-state index contributed by atoms with van der Waals surface area (Å²) in [7, 11) is 1.73. The molecule has 3 rings (SSSR count). The molecule has 0 aliphatic rings. The lowest BCUT2D eigenvalue weighted by Crippen LogP contribution is -2.37. The van der Waals surface area contributed by atoms with E-state index in [-0.39, 0.29) is 18.4 Å². The van der Waals surface area contributed by atoms with Crippen molar-refractivity contribution in [2.45, 2.75) is 6.54 Å². The number of likely N-dealkylation sites (N-methyl/N-ethyl adjacent to an activating group) is 1. The highest BCUT2D eigenvalue weighted by atomic mass is 16.2. The normalized spacial score (nSPS) is 10.4. The van der Waals surface area contributed by atoms with Crippen LogP contribution in [-0.2, 0) is 11.3 Å². The van der Waals surface area contributed by atoms with Gasteiger partial charge in [-0.25, -0.2) is 0 Å². The van der Waals surface area contributed by atoms with E-state index in [9.17, 15) is 9.59 Å². The van der Waals surface area contributed by atoms with Gasteiger partial charge in [0.2, 0.25) is 5.91 Å². The summed E-state index contributed by atoms with van der Waals surface area (Å²) >= 11 is 0. The molecule has 0 saturated carbocycles. The molecule has 0 saturated heterocycles. The van der Waals surface area contributed by atoms with Crippen molar-refractivity contribution < 1.29 is 9.59 Å². The van der Waals surface area contributed by atoms with Gasteiger partial charge < -0.3 is 10.2 Å². The number of hydrogen-bond donors (Lipinski definition) is 1. The number of fused-ring (bicyclic) bond motifs is 1. The van der Waals surface area contributed by atoms with Crippen molar-refractivity contribution in [3.8, 4) is 0 Å². The number of carbonyl (C=O) groups is 2. The van der Waals surface area contributed by atoms with Crippen LogP contribution in [0.2, 0.25) is 0 Å². The van der Waals surface area contributed by atoms with E-state index in [1.54, 1.807) is 42.4 Å². The number of pyridine rings is 1. The molecule has 0 bridgehead atoms. The standard InChI is InChI=1S/C20H19N3O2/c1-23(14-16-9-5-11-18-17(16)10-6-12-21-18)19(24)13-22-20(25)15-7-3-2-4-8-15/h2-12H,13-14H2,1H3,(H,22,25). The molecular weight excluding hydrogens is 314 g/mol. The summed E-state index contributed by atoms with van der Waals surface area (Å²) < 4.78 is 0. The van der Waals surface area contributed by atoms with Crippen molar-refractivity contribution >= 4 is 22.7 Å². The molecule has 2 aromatic carbocycles. The number of benzene rings is 2. The fourth-order valence-corrected chi connectivity index (χ4v) is 2.63. The summed E-state index contributed by atoms with van der Waals surface area (Å²) in [4.78, 5) is 30.3. The van der Waals surface area contributed by atoms with Gasteiger partial charge in [0.15, 0.2) is 0 Å². The van der Waals surface area contributed by atoms with E-state index in [2.05, 4.69) is 10.3 Å². The molecule has 1 aromatic heterocycles. The first kappa shape index (κ1) is 16.6. The van der Waals surface area contributed by atoms with Gasteiger partial charge in [0.05, 0.1) is 12.1 Å². The van der Waals surface area contributed by atoms with Crippen LogP contribution in [0.15, 0.2) is 66.9 Å².